The minimum absolute atomic E-state index is 0.151. The van der Waals surface area contributed by atoms with Gasteiger partial charge in [0.2, 0.25) is 0 Å². The van der Waals surface area contributed by atoms with Crippen molar-refractivity contribution in [1.82, 2.24) is 0 Å². The molecule has 2 aromatic carbocycles. The van der Waals surface area contributed by atoms with Crippen LogP contribution in [0, 0.1) is 11.3 Å². The molecule has 0 aliphatic carbocycles. The van der Waals surface area contributed by atoms with Crippen LogP contribution in [0.3, 0.4) is 0 Å². The SMILES string of the molecule is CCC[C@H](C)c1ccc(OP(=O)(C[C@@H](C)CC(C)(C)C)Oc2ccc([C@@H](C)CCC)cc2)cc1. The molecule has 0 unspecified atom stereocenters. The maximum atomic E-state index is 14.0. The van der Waals surface area contributed by atoms with Crippen molar-refractivity contribution < 1.29 is 13.6 Å². The first kappa shape index (κ1) is 28.5. The molecule has 0 saturated heterocycles. The maximum Gasteiger partial charge on any atom is 0.430 e. The first-order chi connectivity index (χ1) is 15.9. The van der Waals surface area contributed by atoms with E-state index in [4.69, 9.17) is 9.05 Å². The predicted molar refractivity (Wildman–Crippen MR) is 146 cm³/mol. The second kappa shape index (κ2) is 12.8. The zero-order valence-electron chi connectivity index (χ0n) is 22.8. The van der Waals surface area contributed by atoms with E-state index in [2.05, 4.69) is 79.7 Å². The smallest absolute Gasteiger partial charge is 0.416 e. The highest BCUT2D eigenvalue weighted by molar-refractivity contribution is 7.54. The zero-order chi connectivity index (χ0) is 25.4. The van der Waals surface area contributed by atoms with E-state index in [9.17, 15) is 4.57 Å². The highest BCUT2D eigenvalue weighted by atomic mass is 31.2. The highest BCUT2D eigenvalue weighted by Crippen LogP contribution is 2.51. The summed E-state index contributed by atoms with van der Waals surface area (Å²) in [6.45, 7) is 17.7. The van der Waals surface area contributed by atoms with Crippen LogP contribution in [-0.2, 0) is 4.57 Å². The molecule has 0 heterocycles. The summed E-state index contributed by atoms with van der Waals surface area (Å²) >= 11 is 0. The molecule has 2 rings (SSSR count). The van der Waals surface area contributed by atoms with E-state index in [1.165, 1.54) is 11.1 Å². The van der Waals surface area contributed by atoms with Crippen LogP contribution in [0.1, 0.15) is 110 Å². The molecule has 0 aliphatic rings. The Morgan fingerprint density at radius 1 is 0.735 bits per heavy atom. The highest BCUT2D eigenvalue weighted by Gasteiger charge is 2.32. The van der Waals surface area contributed by atoms with Crippen LogP contribution in [-0.4, -0.2) is 6.16 Å². The molecule has 0 aliphatic heterocycles. The molecule has 3 nitrogen and oxygen atoms in total. The van der Waals surface area contributed by atoms with Gasteiger partial charge >= 0.3 is 7.60 Å². The van der Waals surface area contributed by atoms with Crippen molar-refractivity contribution >= 4 is 7.60 Å². The first-order valence-electron chi connectivity index (χ1n) is 13.1. The topological polar surface area (TPSA) is 35.5 Å². The minimum atomic E-state index is -3.41. The van der Waals surface area contributed by atoms with E-state index in [0.29, 0.717) is 29.5 Å². The van der Waals surface area contributed by atoms with Gasteiger partial charge in [-0.15, -0.1) is 0 Å². The summed E-state index contributed by atoms with van der Waals surface area (Å²) in [5.74, 6) is 2.42. The van der Waals surface area contributed by atoms with E-state index >= 15 is 0 Å². The third-order valence-electron chi connectivity index (χ3n) is 6.33. The molecular formula is C30H47O3P. The fraction of sp³-hybridized carbons (Fsp3) is 0.600. The summed E-state index contributed by atoms with van der Waals surface area (Å²) < 4.78 is 26.3. The molecule has 0 fully saturated rings. The first-order valence-corrected chi connectivity index (χ1v) is 14.9. The molecule has 0 aromatic heterocycles. The Labute approximate surface area is 209 Å². The Hall–Kier alpha value is -1.73. The average Bonchev–Trinajstić information content (AvgIpc) is 2.73. The predicted octanol–water partition coefficient (Wildman–Crippen LogP) is 10.2. The lowest BCUT2D eigenvalue weighted by Gasteiger charge is -2.27. The second-order valence-electron chi connectivity index (χ2n) is 11.4. The summed E-state index contributed by atoms with van der Waals surface area (Å²) in [5, 5.41) is 0. The van der Waals surface area contributed by atoms with Crippen molar-refractivity contribution in [3.8, 4) is 11.5 Å². The normalized spacial score (nSPS) is 14.9. The molecule has 0 amide bonds. The van der Waals surface area contributed by atoms with Crippen molar-refractivity contribution in [2.45, 2.75) is 99.3 Å². The van der Waals surface area contributed by atoms with Gasteiger partial charge in [-0.1, -0.05) is 92.5 Å². The molecule has 4 heteroatoms. The standard InChI is InChI=1S/C30H47O3P/c1-9-11-24(4)26-13-17-28(18-14-26)32-34(31,22-23(3)21-30(6,7)8)33-29-19-15-27(16-20-29)25(5)12-10-2/h13-20,23-25H,9-12,21-22H2,1-8H3/t23-,24-,25-/m0/s1. The molecule has 0 bridgehead atoms. The van der Waals surface area contributed by atoms with Gasteiger partial charge in [0.1, 0.15) is 11.5 Å². The van der Waals surface area contributed by atoms with E-state index in [1.54, 1.807) is 0 Å². The van der Waals surface area contributed by atoms with Crippen molar-refractivity contribution in [3.05, 3.63) is 59.7 Å². The molecule has 0 spiro atoms. The van der Waals surface area contributed by atoms with Crippen LogP contribution in [0.25, 0.3) is 0 Å². The number of hydrogen-bond donors (Lipinski definition) is 0. The lowest BCUT2D eigenvalue weighted by molar-refractivity contribution is 0.308. The molecule has 34 heavy (non-hydrogen) atoms. The van der Waals surface area contributed by atoms with Gasteiger partial charge in [-0.25, -0.2) is 4.57 Å². The summed E-state index contributed by atoms with van der Waals surface area (Å²) in [5.41, 5.74) is 2.71. The fourth-order valence-corrected chi connectivity index (χ4v) is 6.78. The van der Waals surface area contributed by atoms with Gasteiger partial charge in [0.05, 0.1) is 6.16 Å². The van der Waals surface area contributed by atoms with E-state index in [0.717, 1.165) is 32.1 Å². The minimum Gasteiger partial charge on any atom is -0.416 e. The Morgan fingerprint density at radius 3 is 1.44 bits per heavy atom. The third kappa shape index (κ3) is 9.49. The van der Waals surface area contributed by atoms with Crippen LogP contribution in [0.15, 0.2) is 48.5 Å². The van der Waals surface area contributed by atoms with E-state index in [1.807, 2.05) is 24.3 Å². The fourth-order valence-electron chi connectivity index (χ4n) is 4.82. The third-order valence-corrected chi connectivity index (χ3v) is 8.38. The number of hydrogen-bond acceptors (Lipinski definition) is 3. The maximum absolute atomic E-state index is 14.0. The Kier molecular flexibility index (Phi) is 10.8. The van der Waals surface area contributed by atoms with Crippen molar-refractivity contribution in [2.24, 2.45) is 11.3 Å². The van der Waals surface area contributed by atoms with Crippen LogP contribution >= 0.6 is 7.60 Å². The molecule has 0 N–H and O–H groups in total. The molecule has 190 valence electrons. The molecule has 2 aromatic rings. The monoisotopic (exact) mass is 486 g/mol. The van der Waals surface area contributed by atoms with Gasteiger partial charge in [0.25, 0.3) is 0 Å². The van der Waals surface area contributed by atoms with Crippen molar-refractivity contribution in [1.29, 1.82) is 0 Å². The van der Waals surface area contributed by atoms with Gasteiger partial charge in [0, 0.05) is 0 Å². The Morgan fingerprint density at radius 2 is 1.12 bits per heavy atom. The quantitative estimate of drug-likeness (QED) is 0.264. The summed E-state index contributed by atoms with van der Waals surface area (Å²) in [6.07, 6.45) is 5.95. The second-order valence-corrected chi connectivity index (χ2v) is 13.3. The van der Waals surface area contributed by atoms with Crippen LogP contribution < -0.4 is 9.05 Å². The molecule has 0 radical (unpaired) electrons. The van der Waals surface area contributed by atoms with Crippen LogP contribution in [0.2, 0.25) is 0 Å². The summed E-state index contributed by atoms with van der Waals surface area (Å²) in [4.78, 5) is 0. The zero-order valence-corrected chi connectivity index (χ0v) is 23.7. The van der Waals surface area contributed by atoms with Crippen LogP contribution in [0.4, 0.5) is 0 Å². The number of rotatable bonds is 13. The van der Waals surface area contributed by atoms with Gasteiger partial charge in [-0.05, 0) is 77.8 Å². The summed E-state index contributed by atoms with van der Waals surface area (Å²) in [7, 11) is -3.41. The lowest BCUT2D eigenvalue weighted by atomic mass is 9.86. The molecular weight excluding hydrogens is 439 g/mol. The lowest BCUT2D eigenvalue weighted by Crippen LogP contribution is -2.17. The molecule has 3 atom stereocenters. The van der Waals surface area contributed by atoms with Gasteiger partial charge in [-0.2, -0.15) is 0 Å². The van der Waals surface area contributed by atoms with Gasteiger partial charge < -0.3 is 9.05 Å². The van der Waals surface area contributed by atoms with Crippen molar-refractivity contribution in [2.75, 3.05) is 6.16 Å². The Bertz CT molecular complexity index is 835. The molecule has 0 saturated carbocycles. The number of benzene rings is 2. The van der Waals surface area contributed by atoms with Crippen molar-refractivity contribution in [3.63, 3.8) is 0 Å². The largest absolute Gasteiger partial charge is 0.430 e. The Balaban J connectivity index is 2.23. The van der Waals surface area contributed by atoms with E-state index in [-0.39, 0.29) is 11.3 Å². The van der Waals surface area contributed by atoms with Crippen LogP contribution in [0.5, 0.6) is 11.5 Å². The summed E-state index contributed by atoms with van der Waals surface area (Å²) in [6, 6.07) is 16.1. The van der Waals surface area contributed by atoms with Gasteiger partial charge in [-0.3, -0.25) is 0 Å². The van der Waals surface area contributed by atoms with E-state index < -0.39 is 7.60 Å². The van der Waals surface area contributed by atoms with Gasteiger partial charge in [0.15, 0.2) is 0 Å². The average molecular weight is 487 g/mol.